The summed E-state index contributed by atoms with van der Waals surface area (Å²) >= 11 is 0. The number of alkyl carbamates (subject to hydrolysis) is 1. The Morgan fingerprint density at radius 2 is 1.79 bits per heavy atom. The molecule has 0 atom stereocenters. The van der Waals surface area contributed by atoms with Gasteiger partial charge in [0.05, 0.1) is 6.54 Å². The summed E-state index contributed by atoms with van der Waals surface area (Å²) in [4.78, 5) is 22.8. The highest BCUT2D eigenvalue weighted by Gasteiger charge is 2.17. The molecule has 0 aliphatic heterocycles. The van der Waals surface area contributed by atoms with Crippen molar-refractivity contribution in [1.29, 1.82) is 0 Å². The zero-order valence-electron chi connectivity index (χ0n) is 11.5. The number of ether oxygens (including phenoxy) is 1. The molecule has 0 aliphatic rings. The Bertz CT molecular complexity index is 424. The lowest BCUT2D eigenvalue weighted by Gasteiger charge is -2.19. The molecule has 5 nitrogen and oxygen atoms in total. The maximum Gasteiger partial charge on any atom is 0.414 e. The summed E-state index contributed by atoms with van der Waals surface area (Å²) in [6.07, 6.45) is -0.723. The van der Waals surface area contributed by atoms with Crippen LogP contribution in [0.2, 0.25) is 0 Å². The average Bonchev–Trinajstić information content (AvgIpc) is 2.27. The van der Waals surface area contributed by atoms with Crippen LogP contribution < -0.4 is 10.6 Å². The topological polar surface area (TPSA) is 67.4 Å². The Labute approximate surface area is 113 Å². The molecule has 0 saturated carbocycles. The fourth-order valence-corrected chi connectivity index (χ4v) is 1.38. The number of rotatable bonds is 4. The summed E-state index contributed by atoms with van der Waals surface area (Å²) in [7, 11) is 0. The molecule has 0 saturated heterocycles. The molecule has 0 unspecified atom stereocenters. The van der Waals surface area contributed by atoms with E-state index in [-0.39, 0.29) is 6.54 Å². The number of nitrogens with one attached hydrogen (secondary N) is 2. The third-order valence-electron chi connectivity index (χ3n) is 2.10. The smallest absolute Gasteiger partial charge is 0.414 e. The van der Waals surface area contributed by atoms with Crippen molar-refractivity contribution in [3.8, 4) is 0 Å². The highest BCUT2D eigenvalue weighted by molar-refractivity contribution is 5.92. The summed E-state index contributed by atoms with van der Waals surface area (Å²) in [5.41, 5.74) is 0.467. The van der Waals surface area contributed by atoms with Gasteiger partial charge in [-0.15, -0.1) is 0 Å². The monoisotopic (exact) mass is 264 g/mol. The molecule has 0 aromatic heterocycles. The molecule has 1 rings (SSSR count). The van der Waals surface area contributed by atoms with Gasteiger partial charge in [-0.05, 0) is 26.3 Å². The SMILES string of the molecule is CC(C)(C)OC(=O)NC(=O)CNCc1ccccc1. The van der Waals surface area contributed by atoms with Gasteiger partial charge >= 0.3 is 6.09 Å². The summed E-state index contributed by atoms with van der Waals surface area (Å²) in [6.45, 7) is 5.86. The Morgan fingerprint density at radius 1 is 1.16 bits per heavy atom. The van der Waals surface area contributed by atoms with Gasteiger partial charge in [0.2, 0.25) is 5.91 Å². The van der Waals surface area contributed by atoms with Crippen LogP contribution in [0.4, 0.5) is 4.79 Å². The molecule has 0 bridgehead atoms. The normalized spacial score (nSPS) is 10.9. The molecule has 104 valence electrons. The van der Waals surface area contributed by atoms with Crippen LogP contribution in [0, 0.1) is 0 Å². The van der Waals surface area contributed by atoms with Crippen molar-refractivity contribution in [3.63, 3.8) is 0 Å². The number of hydrogen-bond donors (Lipinski definition) is 2. The van der Waals surface area contributed by atoms with E-state index in [1.165, 1.54) is 0 Å². The van der Waals surface area contributed by atoms with E-state index in [0.29, 0.717) is 6.54 Å². The minimum atomic E-state index is -0.723. The summed E-state index contributed by atoms with van der Waals surface area (Å²) in [5, 5.41) is 5.11. The first-order valence-corrected chi connectivity index (χ1v) is 6.14. The van der Waals surface area contributed by atoms with E-state index >= 15 is 0 Å². The van der Waals surface area contributed by atoms with Crippen LogP contribution in [0.25, 0.3) is 0 Å². The van der Waals surface area contributed by atoms with Crippen LogP contribution in [0.3, 0.4) is 0 Å². The van der Waals surface area contributed by atoms with Gasteiger partial charge in [0, 0.05) is 6.54 Å². The average molecular weight is 264 g/mol. The number of carbonyl (C=O) groups is 2. The van der Waals surface area contributed by atoms with Gasteiger partial charge in [-0.3, -0.25) is 10.1 Å². The van der Waals surface area contributed by atoms with Crippen LogP contribution in [-0.4, -0.2) is 24.1 Å². The molecule has 0 aliphatic carbocycles. The lowest BCUT2D eigenvalue weighted by atomic mass is 10.2. The Balaban J connectivity index is 2.23. The van der Waals surface area contributed by atoms with Crippen molar-refractivity contribution in [2.75, 3.05) is 6.54 Å². The Kier molecular flexibility index (Phi) is 5.51. The van der Waals surface area contributed by atoms with Crippen LogP contribution in [0.1, 0.15) is 26.3 Å². The van der Waals surface area contributed by atoms with Crippen LogP contribution in [0.15, 0.2) is 30.3 Å². The van der Waals surface area contributed by atoms with E-state index in [0.717, 1.165) is 5.56 Å². The molecule has 2 N–H and O–H groups in total. The fourth-order valence-electron chi connectivity index (χ4n) is 1.38. The van der Waals surface area contributed by atoms with E-state index in [2.05, 4.69) is 10.6 Å². The first-order valence-electron chi connectivity index (χ1n) is 6.14. The molecule has 0 spiro atoms. The molecular weight excluding hydrogens is 244 g/mol. The van der Waals surface area contributed by atoms with Crippen molar-refractivity contribution >= 4 is 12.0 Å². The van der Waals surface area contributed by atoms with Crippen molar-refractivity contribution in [3.05, 3.63) is 35.9 Å². The quantitative estimate of drug-likeness (QED) is 0.870. The molecule has 5 heteroatoms. The Morgan fingerprint density at radius 3 is 2.37 bits per heavy atom. The van der Waals surface area contributed by atoms with E-state index < -0.39 is 17.6 Å². The first kappa shape index (κ1) is 15.2. The first-order chi connectivity index (χ1) is 8.87. The lowest BCUT2D eigenvalue weighted by Crippen LogP contribution is -2.40. The lowest BCUT2D eigenvalue weighted by molar-refractivity contribution is -0.119. The molecule has 1 aromatic rings. The molecular formula is C14H20N2O3. The van der Waals surface area contributed by atoms with E-state index in [1.54, 1.807) is 20.8 Å². The third-order valence-corrected chi connectivity index (χ3v) is 2.10. The van der Waals surface area contributed by atoms with E-state index in [4.69, 9.17) is 4.74 Å². The van der Waals surface area contributed by atoms with Crippen molar-refractivity contribution in [2.45, 2.75) is 32.9 Å². The second kappa shape index (κ2) is 6.89. The van der Waals surface area contributed by atoms with Crippen molar-refractivity contribution < 1.29 is 14.3 Å². The van der Waals surface area contributed by atoms with Gasteiger partial charge in [-0.25, -0.2) is 4.79 Å². The predicted molar refractivity (Wildman–Crippen MR) is 72.5 cm³/mol. The minimum absolute atomic E-state index is 0.0636. The molecule has 0 heterocycles. The van der Waals surface area contributed by atoms with Crippen molar-refractivity contribution in [2.24, 2.45) is 0 Å². The second-order valence-electron chi connectivity index (χ2n) is 5.14. The van der Waals surface area contributed by atoms with Gasteiger partial charge < -0.3 is 10.1 Å². The predicted octanol–water partition coefficient (Wildman–Crippen LogP) is 1.83. The highest BCUT2D eigenvalue weighted by Crippen LogP contribution is 2.06. The van der Waals surface area contributed by atoms with Crippen LogP contribution in [-0.2, 0) is 16.1 Å². The number of imide groups is 1. The van der Waals surface area contributed by atoms with Gasteiger partial charge in [0.15, 0.2) is 0 Å². The molecule has 0 radical (unpaired) electrons. The van der Waals surface area contributed by atoms with E-state index in [1.807, 2.05) is 30.3 Å². The summed E-state index contributed by atoms with van der Waals surface area (Å²) in [5.74, 6) is -0.412. The number of carbonyl (C=O) groups excluding carboxylic acids is 2. The van der Waals surface area contributed by atoms with Gasteiger partial charge in [-0.1, -0.05) is 30.3 Å². The zero-order chi connectivity index (χ0) is 14.3. The molecule has 1 aromatic carbocycles. The zero-order valence-corrected chi connectivity index (χ0v) is 11.5. The summed E-state index contributed by atoms with van der Waals surface area (Å²) < 4.78 is 4.97. The van der Waals surface area contributed by atoms with E-state index in [9.17, 15) is 9.59 Å². The second-order valence-corrected chi connectivity index (χ2v) is 5.14. The number of benzene rings is 1. The highest BCUT2D eigenvalue weighted by atomic mass is 16.6. The summed E-state index contributed by atoms with van der Waals surface area (Å²) in [6, 6.07) is 9.70. The van der Waals surface area contributed by atoms with Crippen molar-refractivity contribution in [1.82, 2.24) is 10.6 Å². The largest absolute Gasteiger partial charge is 0.444 e. The molecule has 2 amide bonds. The maximum absolute atomic E-state index is 11.5. The maximum atomic E-state index is 11.5. The standard InChI is InChI=1S/C14H20N2O3/c1-14(2,3)19-13(18)16-12(17)10-15-9-11-7-5-4-6-8-11/h4-8,15H,9-10H2,1-3H3,(H,16,17,18). The van der Waals surface area contributed by atoms with Crippen LogP contribution in [0.5, 0.6) is 0 Å². The van der Waals surface area contributed by atoms with Gasteiger partial charge in [0.25, 0.3) is 0 Å². The number of amides is 2. The van der Waals surface area contributed by atoms with Gasteiger partial charge in [0.1, 0.15) is 5.60 Å². The molecule has 0 fully saturated rings. The fraction of sp³-hybridized carbons (Fsp3) is 0.429. The third kappa shape index (κ3) is 7.21. The Hall–Kier alpha value is -1.88. The minimum Gasteiger partial charge on any atom is -0.444 e. The number of hydrogen-bond acceptors (Lipinski definition) is 4. The van der Waals surface area contributed by atoms with Gasteiger partial charge in [-0.2, -0.15) is 0 Å². The molecule has 19 heavy (non-hydrogen) atoms. The van der Waals surface area contributed by atoms with Crippen LogP contribution >= 0.6 is 0 Å².